The van der Waals surface area contributed by atoms with E-state index in [1.165, 1.54) is 36.9 Å². The lowest BCUT2D eigenvalue weighted by atomic mass is 10.1. The van der Waals surface area contributed by atoms with Gasteiger partial charge in [-0.3, -0.25) is 18.7 Å². The molecule has 0 fully saturated rings. The highest BCUT2D eigenvalue weighted by molar-refractivity contribution is 5.74. The van der Waals surface area contributed by atoms with Gasteiger partial charge in [0.2, 0.25) is 0 Å². The molecule has 118 valence electrons. The van der Waals surface area contributed by atoms with Crippen LogP contribution >= 0.6 is 0 Å². The molecule has 0 radical (unpaired) electrons. The van der Waals surface area contributed by atoms with Crippen LogP contribution in [0.5, 0.6) is 0 Å². The Labute approximate surface area is 129 Å². The maximum absolute atomic E-state index is 13.3. The van der Waals surface area contributed by atoms with Gasteiger partial charge in [-0.15, -0.1) is 0 Å². The van der Waals surface area contributed by atoms with Gasteiger partial charge in [-0.25, -0.2) is 9.18 Å². The molecule has 0 atom stereocenters. The molecule has 0 aliphatic carbocycles. The van der Waals surface area contributed by atoms with Crippen molar-refractivity contribution >= 4 is 11.0 Å². The smallest absolute Gasteiger partial charge is 0.307 e. The third-order valence-corrected chi connectivity index (χ3v) is 3.83. The number of nitrogens with zero attached hydrogens (tertiary/aromatic N) is 2. The summed E-state index contributed by atoms with van der Waals surface area (Å²) in [7, 11) is 2.85. The molecule has 6 nitrogen and oxygen atoms in total. The van der Waals surface area contributed by atoms with Gasteiger partial charge in [0.1, 0.15) is 11.5 Å². The van der Waals surface area contributed by atoms with Crippen LogP contribution in [-0.2, 0) is 20.5 Å². The zero-order valence-electron chi connectivity index (χ0n) is 12.6. The average Bonchev–Trinajstić information content (AvgIpc) is 2.52. The molecular formula is C16H14FN3O3. The van der Waals surface area contributed by atoms with Crippen LogP contribution in [0.3, 0.4) is 0 Å². The summed E-state index contributed by atoms with van der Waals surface area (Å²) < 4.78 is 15.5. The second kappa shape index (κ2) is 5.35. The zero-order chi connectivity index (χ0) is 16.7. The molecule has 2 aromatic heterocycles. The van der Waals surface area contributed by atoms with Gasteiger partial charge in [-0.2, -0.15) is 0 Å². The summed E-state index contributed by atoms with van der Waals surface area (Å²) in [5, 5.41) is 0.237. The lowest BCUT2D eigenvalue weighted by molar-refractivity contribution is 0.626. The number of aromatic amines is 1. The van der Waals surface area contributed by atoms with Gasteiger partial charge in [0.05, 0.1) is 5.39 Å². The fourth-order valence-corrected chi connectivity index (χ4v) is 2.58. The maximum Gasteiger partial charge on any atom is 0.332 e. The summed E-state index contributed by atoms with van der Waals surface area (Å²) in [5.74, 6) is -0.391. The standard InChI is InChI=1S/C16H14FN3O3/c1-19-13-12(15(22)20(2)16(19)23)8-10(14(21)18-13)6-9-4-3-5-11(17)7-9/h3-5,7-8H,6H2,1-2H3,(H,18,21). The van der Waals surface area contributed by atoms with E-state index in [0.29, 0.717) is 11.1 Å². The molecular weight excluding hydrogens is 301 g/mol. The Morgan fingerprint density at radius 2 is 1.83 bits per heavy atom. The Hall–Kier alpha value is -2.96. The minimum atomic E-state index is -0.518. The third kappa shape index (κ3) is 2.50. The molecule has 0 aliphatic rings. The number of rotatable bonds is 2. The van der Waals surface area contributed by atoms with E-state index in [0.717, 1.165) is 4.57 Å². The summed E-state index contributed by atoms with van der Waals surface area (Å²) in [5.41, 5.74) is -0.290. The van der Waals surface area contributed by atoms with Gasteiger partial charge in [0.25, 0.3) is 11.1 Å². The van der Waals surface area contributed by atoms with E-state index < -0.39 is 22.6 Å². The third-order valence-electron chi connectivity index (χ3n) is 3.83. The van der Waals surface area contributed by atoms with Crippen molar-refractivity contribution in [3.05, 3.63) is 78.5 Å². The minimum absolute atomic E-state index is 0.172. The molecule has 1 N–H and O–H groups in total. The highest BCUT2D eigenvalue weighted by atomic mass is 19.1. The Morgan fingerprint density at radius 3 is 2.52 bits per heavy atom. The fraction of sp³-hybridized carbons (Fsp3) is 0.188. The van der Waals surface area contributed by atoms with Crippen molar-refractivity contribution in [1.82, 2.24) is 14.1 Å². The number of nitrogens with one attached hydrogen (secondary N) is 1. The molecule has 0 aliphatic heterocycles. The summed E-state index contributed by atoms with van der Waals surface area (Å²) in [6.07, 6.45) is 0.190. The van der Waals surface area contributed by atoms with E-state index in [2.05, 4.69) is 4.98 Å². The molecule has 0 unspecified atom stereocenters. The van der Waals surface area contributed by atoms with E-state index in [1.54, 1.807) is 12.1 Å². The number of hydrogen-bond donors (Lipinski definition) is 1. The number of pyridine rings is 1. The van der Waals surface area contributed by atoms with Gasteiger partial charge in [0, 0.05) is 26.1 Å². The van der Waals surface area contributed by atoms with E-state index in [-0.39, 0.29) is 17.5 Å². The molecule has 0 saturated heterocycles. The summed E-state index contributed by atoms with van der Waals surface area (Å²) >= 11 is 0. The number of fused-ring (bicyclic) bond motifs is 1. The number of hydrogen-bond acceptors (Lipinski definition) is 3. The summed E-state index contributed by atoms with van der Waals surface area (Å²) in [6, 6.07) is 7.37. The molecule has 1 aromatic carbocycles. The van der Waals surface area contributed by atoms with E-state index in [9.17, 15) is 18.8 Å². The van der Waals surface area contributed by atoms with Crippen LogP contribution in [0.25, 0.3) is 11.0 Å². The van der Waals surface area contributed by atoms with Crippen LogP contribution in [0.4, 0.5) is 4.39 Å². The van der Waals surface area contributed by atoms with E-state index in [4.69, 9.17) is 0 Å². The first-order valence-electron chi connectivity index (χ1n) is 6.95. The van der Waals surface area contributed by atoms with Crippen molar-refractivity contribution in [3.63, 3.8) is 0 Å². The monoisotopic (exact) mass is 315 g/mol. The first-order valence-corrected chi connectivity index (χ1v) is 6.95. The predicted molar refractivity (Wildman–Crippen MR) is 84.3 cm³/mol. The lowest BCUT2D eigenvalue weighted by Gasteiger charge is -2.08. The van der Waals surface area contributed by atoms with E-state index in [1.807, 2.05) is 0 Å². The van der Waals surface area contributed by atoms with Gasteiger partial charge >= 0.3 is 5.69 Å². The fourth-order valence-electron chi connectivity index (χ4n) is 2.58. The van der Waals surface area contributed by atoms with Crippen molar-refractivity contribution in [3.8, 4) is 0 Å². The van der Waals surface area contributed by atoms with Gasteiger partial charge in [-0.1, -0.05) is 12.1 Å². The molecule has 0 bridgehead atoms. The lowest BCUT2D eigenvalue weighted by Crippen LogP contribution is -2.38. The second-order valence-electron chi connectivity index (χ2n) is 5.40. The Balaban J connectivity index is 2.24. The van der Waals surface area contributed by atoms with Gasteiger partial charge in [0.15, 0.2) is 0 Å². The maximum atomic E-state index is 13.3. The number of H-pyrrole nitrogens is 1. The molecule has 3 aromatic rings. The first-order chi connectivity index (χ1) is 10.9. The normalized spacial score (nSPS) is 11.1. The first kappa shape index (κ1) is 15.0. The molecule has 0 spiro atoms. The Bertz CT molecular complexity index is 1090. The SMILES string of the molecule is Cn1c(=O)c2cc(Cc3cccc(F)c3)c(=O)[nH]c2n(C)c1=O. The van der Waals surface area contributed by atoms with Crippen LogP contribution in [0.2, 0.25) is 0 Å². The highest BCUT2D eigenvalue weighted by Crippen LogP contribution is 2.10. The number of aromatic nitrogens is 3. The Morgan fingerprint density at radius 1 is 1.09 bits per heavy atom. The number of benzene rings is 1. The Kier molecular flexibility index (Phi) is 3.48. The van der Waals surface area contributed by atoms with E-state index >= 15 is 0 Å². The van der Waals surface area contributed by atoms with Crippen molar-refractivity contribution in [1.29, 1.82) is 0 Å². The average molecular weight is 315 g/mol. The van der Waals surface area contributed by atoms with Crippen LogP contribution in [0.1, 0.15) is 11.1 Å². The zero-order valence-corrected chi connectivity index (χ0v) is 12.6. The van der Waals surface area contributed by atoms with Crippen LogP contribution in [0, 0.1) is 5.82 Å². The van der Waals surface area contributed by atoms with Crippen LogP contribution < -0.4 is 16.8 Å². The minimum Gasteiger partial charge on any atom is -0.307 e. The summed E-state index contributed by atoms with van der Waals surface area (Å²) in [6.45, 7) is 0. The molecule has 3 rings (SSSR count). The molecule has 0 saturated carbocycles. The largest absolute Gasteiger partial charge is 0.332 e. The molecule has 0 amide bonds. The molecule has 23 heavy (non-hydrogen) atoms. The number of aryl methyl sites for hydroxylation is 1. The van der Waals surface area contributed by atoms with Crippen LogP contribution in [-0.4, -0.2) is 14.1 Å². The predicted octanol–water partition coefficient (Wildman–Crippen LogP) is 0.655. The van der Waals surface area contributed by atoms with Gasteiger partial charge in [-0.05, 0) is 23.8 Å². The van der Waals surface area contributed by atoms with Crippen molar-refractivity contribution < 1.29 is 4.39 Å². The van der Waals surface area contributed by atoms with Crippen molar-refractivity contribution in [2.24, 2.45) is 14.1 Å². The topological polar surface area (TPSA) is 76.9 Å². The summed E-state index contributed by atoms with van der Waals surface area (Å²) in [4.78, 5) is 38.9. The second-order valence-corrected chi connectivity index (χ2v) is 5.40. The highest BCUT2D eigenvalue weighted by Gasteiger charge is 2.12. The molecule has 7 heteroatoms. The quantitative estimate of drug-likeness (QED) is 0.754. The molecule has 2 heterocycles. The number of halogens is 1. The van der Waals surface area contributed by atoms with Gasteiger partial charge < -0.3 is 4.98 Å². The van der Waals surface area contributed by atoms with Crippen molar-refractivity contribution in [2.45, 2.75) is 6.42 Å². The van der Waals surface area contributed by atoms with Crippen molar-refractivity contribution in [2.75, 3.05) is 0 Å². The van der Waals surface area contributed by atoms with Crippen LogP contribution in [0.15, 0.2) is 44.7 Å².